The number of aromatic nitrogens is 1. The zero-order valence-electron chi connectivity index (χ0n) is 19.3. The molecule has 0 aliphatic heterocycles. The smallest absolute Gasteiger partial charge is 0.407 e. The van der Waals surface area contributed by atoms with E-state index >= 15 is 0 Å². The number of carbonyl (C=O) groups excluding carboxylic acids is 1. The molecule has 4 aromatic rings. The molecule has 0 radical (unpaired) electrons. The van der Waals surface area contributed by atoms with Crippen molar-refractivity contribution in [1.29, 1.82) is 0 Å². The van der Waals surface area contributed by atoms with Crippen LogP contribution < -0.4 is 5.32 Å². The number of alkyl carbamates (subject to hydrolysis) is 1. The Balaban J connectivity index is 1.14. The average Bonchev–Trinajstić information content (AvgIpc) is 3.50. The van der Waals surface area contributed by atoms with Gasteiger partial charge in [0.25, 0.3) is 0 Å². The van der Waals surface area contributed by atoms with Crippen LogP contribution in [0.15, 0.2) is 89.5 Å². The molecule has 1 amide bonds. The van der Waals surface area contributed by atoms with Crippen LogP contribution in [0.5, 0.6) is 0 Å². The number of fused-ring (bicyclic) bond motifs is 3. The van der Waals surface area contributed by atoms with Crippen LogP contribution in [0.25, 0.3) is 22.5 Å². The number of carboxylic acid groups (broad SMARTS) is 1. The predicted octanol–water partition coefficient (Wildman–Crippen LogP) is 5.57. The van der Waals surface area contributed by atoms with Crippen molar-refractivity contribution in [3.8, 4) is 22.5 Å². The summed E-state index contributed by atoms with van der Waals surface area (Å²) in [6.07, 6.45) is -0.752. The first-order chi connectivity index (χ1) is 17.6. The van der Waals surface area contributed by atoms with Crippen LogP contribution in [0.2, 0.25) is 0 Å². The molecule has 8 heteroatoms. The molecule has 0 fully saturated rings. The van der Waals surface area contributed by atoms with E-state index in [-0.39, 0.29) is 18.3 Å². The molecule has 1 atom stereocenters. The minimum Gasteiger partial charge on any atom is -0.480 e. The van der Waals surface area contributed by atoms with Gasteiger partial charge in [0.1, 0.15) is 12.6 Å². The minimum absolute atomic E-state index is 0.0909. The van der Waals surface area contributed by atoms with Crippen molar-refractivity contribution in [2.45, 2.75) is 17.7 Å². The summed E-state index contributed by atoms with van der Waals surface area (Å²) in [6, 6.07) is 26.4. The van der Waals surface area contributed by atoms with Gasteiger partial charge in [-0.15, -0.1) is 0 Å². The summed E-state index contributed by atoms with van der Waals surface area (Å²) in [7, 11) is 0. The van der Waals surface area contributed by atoms with Crippen LogP contribution in [-0.2, 0) is 15.3 Å². The Morgan fingerprint density at radius 1 is 0.972 bits per heavy atom. The molecular weight excluding hydrogens is 476 g/mol. The Kier molecular flexibility index (Phi) is 7.04. The molecular formula is C28H24N2O5S. The fourth-order valence-corrected chi connectivity index (χ4v) is 5.28. The number of carbonyl (C=O) groups is 2. The number of rotatable bonds is 9. The monoisotopic (exact) mass is 500 g/mol. The highest BCUT2D eigenvalue weighted by molar-refractivity contribution is 7.98. The van der Waals surface area contributed by atoms with E-state index in [4.69, 9.17) is 9.26 Å². The summed E-state index contributed by atoms with van der Waals surface area (Å²) in [6.45, 7) is 0.126. The third kappa shape index (κ3) is 5.13. The maximum Gasteiger partial charge on any atom is 0.407 e. The minimum atomic E-state index is -1.12. The Morgan fingerprint density at radius 3 is 2.28 bits per heavy atom. The van der Waals surface area contributed by atoms with Gasteiger partial charge in [0.2, 0.25) is 0 Å². The predicted molar refractivity (Wildman–Crippen MR) is 138 cm³/mol. The first-order valence-electron chi connectivity index (χ1n) is 11.5. The molecule has 1 aliphatic carbocycles. The Bertz CT molecular complexity index is 1330. The molecule has 1 heterocycles. The van der Waals surface area contributed by atoms with Gasteiger partial charge in [-0.1, -0.05) is 84.0 Å². The third-order valence-corrected chi connectivity index (χ3v) is 7.15. The lowest BCUT2D eigenvalue weighted by Crippen LogP contribution is -2.43. The fourth-order valence-electron chi connectivity index (χ4n) is 4.36. The molecule has 1 aliphatic rings. The van der Waals surface area contributed by atoms with E-state index in [1.54, 1.807) is 0 Å². The van der Waals surface area contributed by atoms with Gasteiger partial charge in [0.05, 0.1) is 5.69 Å². The van der Waals surface area contributed by atoms with Crippen molar-refractivity contribution >= 4 is 23.8 Å². The van der Waals surface area contributed by atoms with Crippen molar-refractivity contribution in [3.63, 3.8) is 0 Å². The van der Waals surface area contributed by atoms with Crippen LogP contribution in [0.4, 0.5) is 4.79 Å². The Hall–Kier alpha value is -4.04. The van der Waals surface area contributed by atoms with E-state index in [1.807, 2.05) is 72.8 Å². The van der Waals surface area contributed by atoms with Gasteiger partial charge < -0.3 is 19.7 Å². The number of amides is 1. The number of nitrogens with zero attached hydrogens (tertiary/aromatic N) is 1. The molecule has 0 bridgehead atoms. The highest BCUT2D eigenvalue weighted by Crippen LogP contribution is 2.44. The van der Waals surface area contributed by atoms with E-state index in [9.17, 15) is 14.7 Å². The fraction of sp³-hybridized carbons (Fsp3) is 0.179. The van der Waals surface area contributed by atoms with E-state index in [2.05, 4.69) is 22.6 Å². The first kappa shape index (κ1) is 23.7. The van der Waals surface area contributed by atoms with Gasteiger partial charge in [-0.05, 0) is 22.3 Å². The van der Waals surface area contributed by atoms with Crippen molar-refractivity contribution in [1.82, 2.24) is 10.5 Å². The number of aliphatic carboxylic acids is 1. The van der Waals surface area contributed by atoms with Gasteiger partial charge in [0.15, 0.2) is 5.76 Å². The average molecular weight is 501 g/mol. The lowest BCUT2D eigenvalue weighted by molar-refractivity contribution is -0.138. The van der Waals surface area contributed by atoms with E-state index in [1.165, 1.54) is 11.8 Å². The number of hydrogen-bond donors (Lipinski definition) is 2. The molecule has 7 nitrogen and oxygen atoms in total. The molecule has 2 N–H and O–H groups in total. The van der Waals surface area contributed by atoms with Crippen molar-refractivity contribution in [2.75, 3.05) is 12.4 Å². The number of nitrogens with one attached hydrogen (secondary N) is 1. The summed E-state index contributed by atoms with van der Waals surface area (Å²) in [5.41, 5.74) is 6.07. The molecule has 0 spiro atoms. The first-order valence-corrected chi connectivity index (χ1v) is 12.7. The van der Waals surface area contributed by atoms with E-state index in [0.717, 1.165) is 27.8 Å². The summed E-state index contributed by atoms with van der Waals surface area (Å²) in [5, 5.41) is 16.1. The topological polar surface area (TPSA) is 102 Å². The molecule has 0 saturated heterocycles. The van der Waals surface area contributed by atoms with Crippen molar-refractivity contribution in [2.24, 2.45) is 0 Å². The van der Waals surface area contributed by atoms with E-state index in [0.29, 0.717) is 17.2 Å². The lowest BCUT2D eigenvalue weighted by atomic mass is 9.98. The quantitative estimate of drug-likeness (QED) is 0.310. The highest BCUT2D eigenvalue weighted by atomic mass is 32.2. The SMILES string of the molecule is O=C(NC(CSCc1cc(-c2ccccc2)on1)C(=O)O)OCC1c2ccccc2-c2ccccc21. The number of carboxylic acids is 1. The molecule has 182 valence electrons. The molecule has 1 unspecified atom stereocenters. The van der Waals surface area contributed by atoms with Gasteiger partial charge in [-0.2, -0.15) is 11.8 Å². The maximum atomic E-state index is 12.5. The van der Waals surface area contributed by atoms with Gasteiger partial charge >= 0.3 is 12.1 Å². The highest BCUT2D eigenvalue weighted by Gasteiger charge is 2.29. The van der Waals surface area contributed by atoms with Crippen LogP contribution in [0.1, 0.15) is 22.7 Å². The molecule has 36 heavy (non-hydrogen) atoms. The van der Waals surface area contributed by atoms with Crippen LogP contribution in [0.3, 0.4) is 0 Å². The Morgan fingerprint density at radius 2 is 1.61 bits per heavy atom. The third-order valence-electron chi connectivity index (χ3n) is 6.09. The van der Waals surface area contributed by atoms with Crippen molar-refractivity contribution < 1.29 is 24.0 Å². The zero-order valence-corrected chi connectivity index (χ0v) is 20.1. The largest absolute Gasteiger partial charge is 0.480 e. The number of thioether (sulfide) groups is 1. The van der Waals surface area contributed by atoms with Gasteiger partial charge in [0, 0.05) is 29.1 Å². The molecule has 5 rings (SSSR count). The molecule has 0 saturated carbocycles. The second-order valence-corrected chi connectivity index (χ2v) is 9.45. The van der Waals surface area contributed by atoms with Crippen molar-refractivity contribution in [3.05, 3.63) is 102 Å². The number of benzene rings is 3. The zero-order chi connectivity index (χ0) is 24.9. The van der Waals surface area contributed by atoms with Crippen LogP contribution >= 0.6 is 11.8 Å². The number of hydrogen-bond acceptors (Lipinski definition) is 6. The summed E-state index contributed by atoms with van der Waals surface area (Å²) < 4.78 is 10.9. The van der Waals surface area contributed by atoms with Crippen LogP contribution in [0, 0.1) is 0 Å². The second kappa shape index (κ2) is 10.7. The lowest BCUT2D eigenvalue weighted by Gasteiger charge is -2.17. The standard InChI is InChI=1S/C28H24N2O5S/c31-27(32)25(17-36-16-19-14-26(35-30-19)18-8-2-1-3-9-18)29-28(33)34-15-24-22-12-6-4-10-20(22)21-11-5-7-13-23(21)24/h1-14,24-25H,15-17H2,(H,29,33)(H,31,32). The number of ether oxygens (including phenoxy) is 1. The van der Waals surface area contributed by atoms with Gasteiger partial charge in [-0.25, -0.2) is 9.59 Å². The summed E-state index contributed by atoms with van der Waals surface area (Å²) in [4.78, 5) is 24.2. The van der Waals surface area contributed by atoms with E-state index < -0.39 is 18.1 Å². The Labute approximate surface area is 212 Å². The summed E-state index contributed by atoms with van der Waals surface area (Å²) in [5.74, 6) is 0.0465. The molecule has 3 aromatic carbocycles. The van der Waals surface area contributed by atoms with Crippen LogP contribution in [-0.4, -0.2) is 40.7 Å². The second-order valence-electron chi connectivity index (χ2n) is 8.42. The molecule has 1 aromatic heterocycles. The normalized spacial score (nSPS) is 13.0. The summed E-state index contributed by atoms with van der Waals surface area (Å²) >= 11 is 1.34. The van der Waals surface area contributed by atoms with Gasteiger partial charge in [-0.3, -0.25) is 0 Å². The maximum absolute atomic E-state index is 12.5.